The number of ether oxygens (including phenoxy) is 1. The Morgan fingerprint density at radius 1 is 1.40 bits per heavy atom. The van der Waals surface area contributed by atoms with E-state index in [4.69, 9.17) is 4.74 Å². The molecular weight excluding hydrogens is 268 g/mol. The molecule has 1 aromatic heterocycles. The number of fused-ring (bicyclic) bond motifs is 5. The Balaban J connectivity index is 1.94. The normalized spacial score (nSPS) is 28.1. The minimum Gasteiger partial charge on any atom is -0.497 e. The van der Waals surface area contributed by atoms with Gasteiger partial charge in [0.25, 0.3) is 0 Å². The first-order valence-corrected chi connectivity index (χ1v) is 7.93. The summed E-state index contributed by atoms with van der Waals surface area (Å²) in [6.07, 6.45) is 4.93. The van der Waals surface area contributed by atoms with E-state index < -0.39 is 0 Å². The van der Waals surface area contributed by atoms with Crippen LogP contribution in [0.3, 0.4) is 0 Å². The lowest BCUT2D eigenvalue weighted by Crippen LogP contribution is -2.32. The second-order valence-electron chi connectivity index (χ2n) is 6.06. The van der Waals surface area contributed by atoms with Crippen LogP contribution in [0, 0.1) is 5.41 Å². The average molecular weight is 286 g/mol. The van der Waals surface area contributed by atoms with Crippen LogP contribution in [0.5, 0.6) is 5.75 Å². The fraction of sp³-hybridized carbons (Fsp3) is 0.412. The van der Waals surface area contributed by atoms with Crippen LogP contribution in [0.4, 0.5) is 0 Å². The van der Waals surface area contributed by atoms with Gasteiger partial charge in [0.05, 0.1) is 13.2 Å². The Morgan fingerprint density at radius 2 is 2.25 bits per heavy atom. The summed E-state index contributed by atoms with van der Waals surface area (Å²) in [7, 11) is 1.71. The summed E-state index contributed by atoms with van der Waals surface area (Å²) in [6.45, 7) is 2.21. The van der Waals surface area contributed by atoms with E-state index in [1.807, 2.05) is 17.4 Å². The average Bonchev–Trinajstić information content (AvgIpc) is 2.96. The summed E-state index contributed by atoms with van der Waals surface area (Å²) in [6, 6.07) is 6.35. The molecular formula is C17H18O2S. The first-order chi connectivity index (χ1) is 9.63. The molecule has 1 N–H and O–H groups in total. The van der Waals surface area contributed by atoms with Crippen molar-refractivity contribution in [3.05, 3.63) is 34.7 Å². The quantitative estimate of drug-likeness (QED) is 0.858. The van der Waals surface area contributed by atoms with Crippen LogP contribution in [-0.4, -0.2) is 18.3 Å². The number of benzene rings is 1. The van der Waals surface area contributed by atoms with Gasteiger partial charge in [-0.2, -0.15) is 0 Å². The summed E-state index contributed by atoms with van der Waals surface area (Å²) in [4.78, 5) is 1.39. The zero-order valence-corrected chi connectivity index (χ0v) is 12.6. The third kappa shape index (κ3) is 1.48. The Kier molecular flexibility index (Phi) is 2.54. The first kappa shape index (κ1) is 12.4. The molecule has 0 bridgehead atoms. The highest BCUT2D eigenvalue weighted by atomic mass is 32.1. The smallest absolute Gasteiger partial charge is 0.120 e. The molecule has 3 heteroatoms. The molecule has 2 aromatic rings. The minimum atomic E-state index is -0.217. The second kappa shape index (κ2) is 4.09. The molecule has 0 saturated carbocycles. The number of methoxy groups -OCH3 is 1. The highest BCUT2D eigenvalue weighted by Gasteiger charge is 2.44. The number of hydrogen-bond donors (Lipinski definition) is 1. The predicted octanol–water partition coefficient (Wildman–Crippen LogP) is 4.01. The van der Waals surface area contributed by atoms with Gasteiger partial charge in [-0.05, 0) is 54.0 Å². The van der Waals surface area contributed by atoms with Gasteiger partial charge in [-0.15, -0.1) is 11.3 Å². The van der Waals surface area contributed by atoms with Crippen molar-refractivity contribution in [3.8, 4) is 5.75 Å². The van der Waals surface area contributed by atoms with E-state index >= 15 is 0 Å². The summed E-state index contributed by atoms with van der Waals surface area (Å²) < 4.78 is 6.62. The molecule has 0 spiro atoms. The largest absolute Gasteiger partial charge is 0.497 e. The van der Waals surface area contributed by atoms with Gasteiger partial charge in [0, 0.05) is 15.0 Å². The monoisotopic (exact) mass is 286 g/mol. The van der Waals surface area contributed by atoms with Gasteiger partial charge in [0.1, 0.15) is 5.75 Å². The van der Waals surface area contributed by atoms with Crippen molar-refractivity contribution in [2.45, 2.75) is 32.3 Å². The van der Waals surface area contributed by atoms with Crippen LogP contribution in [0.2, 0.25) is 0 Å². The van der Waals surface area contributed by atoms with Crippen molar-refractivity contribution < 1.29 is 9.84 Å². The lowest BCUT2D eigenvalue weighted by molar-refractivity contribution is 0.0830. The van der Waals surface area contributed by atoms with Crippen LogP contribution in [0.25, 0.3) is 15.7 Å². The van der Waals surface area contributed by atoms with Gasteiger partial charge in [0.2, 0.25) is 0 Å². The molecule has 1 aromatic carbocycles. The van der Waals surface area contributed by atoms with Crippen molar-refractivity contribution in [3.63, 3.8) is 0 Å². The number of aryl methyl sites for hydroxylation is 1. The van der Waals surface area contributed by atoms with E-state index in [-0.39, 0.29) is 11.5 Å². The summed E-state index contributed by atoms with van der Waals surface area (Å²) >= 11 is 1.85. The second-order valence-corrected chi connectivity index (χ2v) is 7.11. The number of aliphatic hydroxyl groups is 1. The van der Waals surface area contributed by atoms with Gasteiger partial charge >= 0.3 is 0 Å². The van der Waals surface area contributed by atoms with Gasteiger partial charge < -0.3 is 9.84 Å². The summed E-state index contributed by atoms with van der Waals surface area (Å²) in [5.41, 5.74) is 2.79. The molecule has 1 heterocycles. The predicted molar refractivity (Wildman–Crippen MR) is 83.4 cm³/mol. The van der Waals surface area contributed by atoms with Crippen LogP contribution in [0.15, 0.2) is 24.3 Å². The van der Waals surface area contributed by atoms with Crippen LogP contribution in [0.1, 0.15) is 30.2 Å². The van der Waals surface area contributed by atoms with Crippen LogP contribution < -0.4 is 4.74 Å². The lowest BCUT2D eigenvalue weighted by Gasteiger charge is -2.35. The molecule has 2 nitrogen and oxygen atoms in total. The molecule has 0 amide bonds. The molecule has 104 valence electrons. The highest BCUT2D eigenvalue weighted by Crippen LogP contribution is 2.55. The Labute approximate surface area is 122 Å². The maximum absolute atomic E-state index is 10.3. The van der Waals surface area contributed by atoms with Crippen molar-refractivity contribution in [2.75, 3.05) is 7.11 Å². The zero-order valence-electron chi connectivity index (χ0n) is 11.8. The van der Waals surface area contributed by atoms with E-state index in [0.717, 1.165) is 25.0 Å². The summed E-state index contributed by atoms with van der Waals surface area (Å²) in [5.74, 6) is 0.916. The SMILES string of the molecule is COc1ccc2c3c(sc2c1)C1=CC[C@@H](O)[C@@]1(C)CC3. The standard InChI is InChI=1S/C17H18O2S/c1-17-8-7-12-11-4-3-10(19-2)9-14(11)20-16(12)13(17)5-6-15(17)18/h3-5,9,15,18H,6-8H2,1-2H3/t15-,17+/m1/s1. The lowest BCUT2D eigenvalue weighted by atomic mass is 9.71. The van der Waals surface area contributed by atoms with Crippen molar-refractivity contribution in [1.29, 1.82) is 0 Å². The van der Waals surface area contributed by atoms with Crippen LogP contribution >= 0.6 is 11.3 Å². The Morgan fingerprint density at radius 3 is 3.05 bits per heavy atom. The first-order valence-electron chi connectivity index (χ1n) is 7.12. The van der Waals surface area contributed by atoms with Crippen molar-refractivity contribution in [2.24, 2.45) is 5.41 Å². The van der Waals surface area contributed by atoms with E-state index in [0.29, 0.717) is 0 Å². The molecule has 20 heavy (non-hydrogen) atoms. The molecule has 4 rings (SSSR count). The molecule has 0 aliphatic heterocycles. The van der Waals surface area contributed by atoms with Crippen LogP contribution in [-0.2, 0) is 6.42 Å². The van der Waals surface area contributed by atoms with Gasteiger partial charge in [-0.3, -0.25) is 0 Å². The number of rotatable bonds is 1. The third-order valence-corrected chi connectivity index (χ3v) is 6.26. The highest BCUT2D eigenvalue weighted by molar-refractivity contribution is 7.20. The van der Waals surface area contributed by atoms with Gasteiger partial charge in [-0.25, -0.2) is 0 Å². The Bertz CT molecular complexity index is 728. The molecule has 2 aliphatic carbocycles. The molecule has 0 saturated heterocycles. The maximum Gasteiger partial charge on any atom is 0.120 e. The van der Waals surface area contributed by atoms with E-state index in [1.165, 1.54) is 26.1 Å². The maximum atomic E-state index is 10.3. The fourth-order valence-corrected chi connectivity index (χ4v) is 5.12. The number of thiophene rings is 1. The molecule has 0 unspecified atom stereocenters. The summed E-state index contributed by atoms with van der Waals surface area (Å²) in [5, 5.41) is 11.7. The molecule has 0 fully saturated rings. The topological polar surface area (TPSA) is 29.5 Å². The Hall–Kier alpha value is -1.32. The molecule has 2 atom stereocenters. The molecule has 0 radical (unpaired) electrons. The van der Waals surface area contributed by atoms with E-state index in [9.17, 15) is 5.11 Å². The zero-order chi connectivity index (χ0) is 13.9. The number of aliphatic hydroxyl groups excluding tert-OH is 1. The third-order valence-electron chi connectivity index (χ3n) is 5.03. The van der Waals surface area contributed by atoms with E-state index in [1.54, 1.807) is 7.11 Å². The van der Waals surface area contributed by atoms with Crippen molar-refractivity contribution in [1.82, 2.24) is 0 Å². The minimum absolute atomic E-state index is 0.0437. The fourth-order valence-electron chi connectivity index (χ4n) is 3.66. The number of hydrogen-bond acceptors (Lipinski definition) is 3. The van der Waals surface area contributed by atoms with Gasteiger partial charge in [-0.1, -0.05) is 13.0 Å². The van der Waals surface area contributed by atoms with Gasteiger partial charge in [0.15, 0.2) is 0 Å². The van der Waals surface area contributed by atoms with E-state index in [2.05, 4.69) is 25.1 Å². The molecule has 2 aliphatic rings. The van der Waals surface area contributed by atoms with Crippen molar-refractivity contribution >= 4 is 27.0 Å².